The van der Waals surface area contributed by atoms with Crippen molar-refractivity contribution in [3.05, 3.63) is 71.8 Å². The van der Waals surface area contributed by atoms with Crippen LogP contribution in [-0.4, -0.2) is 46.3 Å². The van der Waals surface area contributed by atoms with Crippen LogP contribution < -0.4 is 0 Å². The molecule has 2 rings (SSSR count). The Hall–Kier alpha value is -4.20. The summed E-state index contributed by atoms with van der Waals surface area (Å²) in [4.78, 5) is 99.6. The minimum absolute atomic E-state index is 0.0863. The van der Waals surface area contributed by atoms with Crippen LogP contribution in [0.25, 0.3) is 0 Å². The van der Waals surface area contributed by atoms with Gasteiger partial charge in [-0.25, -0.2) is 0 Å². The average Bonchev–Trinajstić information content (AvgIpc) is 3.01. The van der Waals surface area contributed by atoms with Crippen LogP contribution in [0.2, 0.25) is 0 Å². The first-order valence-corrected chi connectivity index (χ1v) is 16.2. The lowest BCUT2D eigenvalue weighted by Crippen LogP contribution is -2.32. The summed E-state index contributed by atoms with van der Waals surface area (Å²) in [6, 6.07) is 17.2. The van der Waals surface area contributed by atoms with Crippen LogP contribution in [0, 0.1) is 11.8 Å². The Morgan fingerprint density at radius 1 is 0.457 bits per heavy atom. The molecule has 0 aliphatic rings. The summed E-state index contributed by atoms with van der Waals surface area (Å²) < 4.78 is 0. The van der Waals surface area contributed by atoms with Crippen LogP contribution in [0.15, 0.2) is 60.7 Å². The zero-order valence-corrected chi connectivity index (χ0v) is 27.1. The zero-order valence-electron chi connectivity index (χ0n) is 27.1. The molecule has 0 radical (unpaired) electrons. The minimum atomic E-state index is -0.815. The number of carbonyl (C=O) groups is 8. The highest BCUT2D eigenvalue weighted by molar-refractivity contribution is 6.10. The van der Waals surface area contributed by atoms with E-state index in [9.17, 15) is 38.4 Å². The van der Waals surface area contributed by atoms with Crippen molar-refractivity contribution in [1.29, 1.82) is 0 Å². The van der Waals surface area contributed by atoms with Gasteiger partial charge in [0, 0.05) is 35.8 Å². The van der Waals surface area contributed by atoms with E-state index in [1.54, 1.807) is 54.6 Å². The van der Waals surface area contributed by atoms with Crippen molar-refractivity contribution in [2.24, 2.45) is 11.8 Å². The molecule has 2 atom stereocenters. The Kier molecular flexibility index (Phi) is 17.1. The van der Waals surface area contributed by atoms with Crippen LogP contribution in [0.3, 0.4) is 0 Å². The van der Waals surface area contributed by atoms with Gasteiger partial charge in [-0.05, 0) is 39.5 Å². The fourth-order valence-corrected chi connectivity index (χ4v) is 5.66. The van der Waals surface area contributed by atoms with E-state index in [0.717, 1.165) is 19.3 Å². The Morgan fingerprint density at radius 2 is 0.870 bits per heavy atom. The molecule has 246 valence electrons. The molecule has 8 nitrogen and oxygen atoms in total. The van der Waals surface area contributed by atoms with E-state index < -0.39 is 11.8 Å². The van der Waals surface area contributed by atoms with E-state index >= 15 is 0 Å². The first kappa shape index (κ1) is 38.0. The lowest BCUT2D eigenvalue weighted by atomic mass is 9.76. The molecule has 0 aliphatic heterocycles. The molecule has 46 heavy (non-hydrogen) atoms. The van der Waals surface area contributed by atoms with Crippen LogP contribution >= 0.6 is 0 Å². The first-order chi connectivity index (χ1) is 22.0. The smallest absolute Gasteiger partial charge is 0.170 e. The molecular formula is C38H46O8. The van der Waals surface area contributed by atoms with Gasteiger partial charge in [0.15, 0.2) is 11.6 Å². The van der Waals surface area contributed by atoms with Gasteiger partial charge in [0.05, 0.1) is 25.7 Å². The predicted octanol–water partition coefficient (Wildman–Crippen LogP) is 6.90. The lowest BCUT2D eigenvalue weighted by Gasteiger charge is -2.25. The van der Waals surface area contributed by atoms with Crippen molar-refractivity contribution in [2.75, 3.05) is 0 Å². The monoisotopic (exact) mass is 630 g/mol. The van der Waals surface area contributed by atoms with Gasteiger partial charge in [-0.3, -0.25) is 38.4 Å². The summed E-state index contributed by atoms with van der Waals surface area (Å²) in [7, 11) is 0. The van der Waals surface area contributed by atoms with E-state index in [1.807, 2.05) is 6.07 Å². The van der Waals surface area contributed by atoms with Crippen molar-refractivity contribution in [3.8, 4) is 0 Å². The summed E-state index contributed by atoms with van der Waals surface area (Å²) in [6.07, 6.45) is 3.76. The van der Waals surface area contributed by atoms with Gasteiger partial charge < -0.3 is 0 Å². The maximum absolute atomic E-state index is 13.6. The van der Waals surface area contributed by atoms with Crippen LogP contribution in [0.4, 0.5) is 0 Å². The summed E-state index contributed by atoms with van der Waals surface area (Å²) in [5, 5.41) is 0. The normalized spacial score (nSPS) is 12.1. The van der Waals surface area contributed by atoms with Gasteiger partial charge in [0.1, 0.15) is 34.7 Å². The van der Waals surface area contributed by atoms with Gasteiger partial charge in [-0.1, -0.05) is 86.3 Å². The van der Waals surface area contributed by atoms with E-state index in [2.05, 4.69) is 0 Å². The molecule has 2 aromatic rings. The second-order valence-corrected chi connectivity index (χ2v) is 12.1. The van der Waals surface area contributed by atoms with Gasteiger partial charge in [-0.2, -0.15) is 0 Å². The second-order valence-electron chi connectivity index (χ2n) is 12.1. The van der Waals surface area contributed by atoms with Crippen molar-refractivity contribution < 1.29 is 38.4 Å². The van der Waals surface area contributed by atoms with Gasteiger partial charge >= 0.3 is 0 Å². The number of rotatable bonds is 25. The van der Waals surface area contributed by atoms with Crippen LogP contribution in [0.5, 0.6) is 0 Å². The number of hydrogen-bond acceptors (Lipinski definition) is 8. The van der Waals surface area contributed by atoms with Crippen molar-refractivity contribution in [2.45, 2.75) is 104 Å². The maximum atomic E-state index is 13.6. The largest absolute Gasteiger partial charge is 0.300 e. The van der Waals surface area contributed by atoms with Gasteiger partial charge in [0.2, 0.25) is 0 Å². The molecule has 2 unspecified atom stereocenters. The van der Waals surface area contributed by atoms with Gasteiger partial charge in [-0.15, -0.1) is 0 Å². The first-order valence-electron chi connectivity index (χ1n) is 16.2. The fraction of sp³-hybridized carbons (Fsp3) is 0.474. The number of unbranched alkanes of at least 4 members (excludes halogenated alkanes) is 4. The van der Waals surface area contributed by atoms with Crippen LogP contribution in [-0.2, 0) is 28.8 Å². The molecule has 0 amide bonds. The van der Waals surface area contributed by atoms with Crippen LogP contribution in [0.1, 0.15) is 124 Å². The quantitative estimate of drug-likeness (QED) is 0.0656. The Balaban J connectivity index is 2.00. The highest BCUT2D eigenvalue weighted by atomic mass is 16.2. The topological polar surface area (TPSA) is 137 Å². The molecule has 0 heterocycles. The third-order valence-corrected chi connectivity index (χ3v) is 8.01. The molecule has 0 spiro atoms. The lowest BCUT2D eigenvalue weighted by molar-refractivity contribution is -0.135. The van der Waals surface area contributed by atoms with E-state index in [4.69, 9.17) is 0 Å². The molecule has 0 aromatic heterocycles. The standard InChI is InChI=1S/C38H46O8/c1-27(39)23-31(41)20-14-22-34(37(45)24-28(2)40)33(38(46)26-36(44)30-17-10-7-11-18-30)21-13-5-3-4-12-19-32(42)25-35(43)29-15-8-6-9-16-29/h6-11,15-18,33-34H,3-5,12-14,19-26H2,1-2H3. The van der Waals surface area contributed by atoms with Crippen molar-refractivity contribution >= 4 is 46.3 Å². The number of hydrogen-bond donors (Lipinski definition) is 0. The molecule has 0 saturated heterocycles. The molecule has 8 heteroatoms. The minimum Gasteiger partial charge on any atom is -0.300 e. The summed E-state index contributed by atoms with van der Waals surface area (Å²) >= 11 is 0. The third kappa shape index (κ3) is 14.7. The number of Topliss-reactive ketones (excluding diaryl/α,β-unsaturated/α-hetero) is 8. The second kappa shape index (κ2) is 20.8. The van der Waals surface area contributed by atoms with E-state index in [1.165, 1.54) is 13.8 Å². The SMILES string of the molecule is CC(=O)CC(=O)CCCC(C(=O)CC(C)=O)C(CCCCCCCC(=O)CC(=O)c1ccccc1)C(=O)CC(=O)c1ccccc1. The summed E-state index contributed by atoms with van der Waals surface area (Å²) in [6.45, 7) is 2.64. The van der Waals surface area contributed by atoms with E-state index in [0.29, 0.717) is 36.8 Å². The number of ketones is 8. The summed E-state index contributed by atoms with van der Waals surface area (Å²) in [5.74, 6) is -3.78. The Bertz CT molecular complexity index is 1360. The average molecular weight is 631 g/mol. The molecule has 2 aromatic carbocycles. The van der Waals surface area contributed by atoms with Gasteiger partial charge in [0.25, 0.3) is 0 Å². The summed E-state index contributed by atoms with van der Waals surface area (Å²) in [5.41, 5.74) is 0.921. The van der Waals surface area contributed by atoms with Crippen molar-refractivity contribution in [1.82, 2.24) is 0 Å². The molecule has 0 saturated carbocycles. The molecule has 0 fully saturated rings. The molecule has 0 aliphatic carbocycles. The number of carbonyl (C=O) groups excluding carboxylic acids is 8. The van der Waals surface area contributed by atoms with E-state index in [-0.39, 0.29) is 91.2 Å². The molecule has 0 N–H and O–H groups in total. The maximum Gasteiger partial charge on any atom is 0.170 e. The Morgan fingerprint density at radius 3 is 1.41 bits per heavy atom. The highest BCUT2D eigenvalue weighted by Gasteiger charge is 2.34. The highest BCUT2D eigenvalue weighted by Crippen LogP contribution is 2.29. The third-order valence-electron chi connectivity index (χ3n) is 8.01. The molecule has 0 bridgehead atoms. The van der Waals surface area contributed by atoms with Crippen molar-refractivity contribution in [3.63, 3.8) is 0 Å². The predicted molar refractivity (Wildman–Crippen MR) is 175 cm³/mol. The molecular weight excluding hydrogens is 584 g/mol. The number of benzene rings is 2. The zero-order chi connectivity index (χ0) is 33.9. The fourth-order valence-electron chi connectivity index (χ4n) is 5.66. The Labute approximate surface area is 271 Å².